The highest BCUT2D eigenvalue weighted by Gasteiger charge is 2.16. The molecule has 1 N–H and O–H groups in total. The third-order valence-corrected chi connectivity index (χ3v) is 3.00. The van der Waals surface area contributed by atoms with Crippen LogP contribution in [-0.2, 0) is 0 Å². The van der Waals surface area contributed by atoms with Crippen LogP contribution in [0, 0.1) is 5.82 Å². The quantitative estimate of drug-likeness (QED) is 0.880. The van der Waals surface area contributed by atoms with Crippen LogP contribution in [0.3, 0.4) is 0 Å². The molecule has 1 aromatic heterocycles. The first-order valence-electron chi connectivity index (χ1n) is 6.68. The van der Waals surface area contributed by atoms with Gasteiger partial charge in [0.2, 0.25) is 5.89 Å². The first kappa shape index (κ1) is 14.5. The molecule has 0 radical (unpaired) electrons. The molecule has 0 aliphatic carbocycles. The van der Waals surface area contributed by atoms with Crippen molar-refractivity contribution in [3.8, 4) is 0 Å². The van der Waals surface area contributed by atoms with E-state index in [1.165, 1.54) is 12.1 Å². The largest absolute Gasteiger partial charge is 0.406 e. The third-order valence-electron chi connectivity index (χ3n) is 3.00. The summed E-state index contributed by atoms with van der Waals surface area (Å²) in [6.45, 7) is 4.97. The number of nitrogens with one attached hydrogen (secondary N) is 1. The topological polar surface area (TPSA) is 54.2 Å². The maximum absolute atomic E-state index is 12.9. The Kier molecular flexibility index (Phi) is 4.68. The summed E-state index contributed by atoms with van der Waals surface area (Å²) in [4.78, 5) is 1.72. The zero-order valence-electron chi connectivity index (χ0n) is 11.9. The summed E-state index contributed by atoms with van der Waals surface area (Å²) < 4.78 is 18.5. The maximum Gasteiger partial charge on any atom is 0.322 e. The minimum atomic E-state index is -0.272. The molecule has 5 nitrogen and oxygen atoms in total. The first-order valence-corrected chi connectivity index (χ1v) is 6.68. The van der Waals surface area contributed by atoms with Crippen molar-refractivity contribution < 1.29 is 8.81 Å². The van der Waals surface area contributed by atoms with Gasteiger partial charge in [-0.1, -0.05) is 12.0 Å². The second kappa shape index (κ2) is 6.47. The van der Waals surface area contributed by atoms with Crippen molar-refractivity contribution in [2.45, 2.75) is 26.3 Å². The summed E-state index contributed by atoms with van der Waals surface area (Å²) in [6.07, 6.45) is 1.04. The van der Waals surface area contributed by atoms with E-state index in [-0.39, 0.29) is 11.9 Å². The van der Waals surface area contributed by atoms with Crippen LogP contribution in [0.25, 0.3) is 0 Å². The van der Waals surface area contributed by atoms with Gasteiger partial charge in [0, 0.05) is 12.7 Å². The second-order valence-corrected chi connectivity index (χ2v) is 4.63. The Morgan fingerprint density at radius 3 is 2.65 bits per heavy atom. The van der Waals surface area contributed by atoms with Gasteiger partial charge in [0.25, 0.3) is 0 Å². The molecule has 0 spiro atoms. The summed E-state index contributed by atoms with van der Waals surface area (Å²) in [6, 6.07) is 6.52. The molecular weight excluding hydrogens is 259 g/mol. The molecule has 6 heteroatoms. The average Bonchev–Trinajstić information content (AvgIpc) is 2.94. The Bertz CT molecular complexity index is 540. The SMILES string of the molecule is CCCNC(C)c1nnc(N(C)c2ccc(F)cc2)o1. The summed E-state index contributed by atoms with van der Waals surface area (Å²) in [5.41, 5.74) is 0.788. The normalized spacial score (nSPS) is 12.4. The van der Waals surface area contributed by atoms with Gasteiger partial charge in [0.05, 0.1) is 6.04 Å². The van der Waals surface area contributed by atoms with Gasteiger partial charge in [0.15, 0.2) is 0 Å². The van der Waals surface area contributed by atoms with E-state index >= 15 is 0 Å². The van der Waals surface area contributed by atoms with Crippen molar-refractivity contribution in [3.05, 3.63) is 36.0 Å². The molecular formula is C14H19FN4O. The van der Waals surface area contributed by atoms with E-state index in [4.69, 9.17) is 4.42 Å². The highest BCUT2D eigenvalue weighted by Crippen LogP contribution is 2.23. The lowest BCUT2D eigenvalue weighted by Crippen LogP contribution is -2.19. The minimum Gasteiger partial charge on any atom is -0.406 e. The van der Waals surface area contributed by atoms with Crippen molar-refractivity contribution in [1.82, 2.24) is 15.5 Å². The van der Waals surface area contributed by atoms with Gasteiger partial charge in [-0.3, -0.25) is 4.90 Å². The summed E-state index contributed by atoms with van der Waals surface area (Å²) >= 11 is 0. The molecule has 1 unspecified atom stereocenters. The molecule has 1 aromatic carbocycles. The van der Waals surface area contributed by atoms with Crippen LogP contribution in [0.5, 0.6) is 0 Å². The molecule has 0 bridgehead atoms. The van der Waals surface area contributed by atoms with Gasteiger partial charge in [-0.25, -0.2) is 4.39 Å². The van der Waals surface area contributed by atoms with Gasteiger partial charge in [0.1, 0.15) is 5.82 Å². The zero-order chi connectivity index (χ0) is 14.5. The highest BCUT2D eigenvalue weighted by atomic mass is 19.1. The summed E-state index contributed by atoms with van der Waals surface area (Å²) in [5.74, 6) is 0.271. The molecule has 2 rings (SSSR count). The van der Waals surface area contributed by atoms with E-state index in [9.17, 15) is 4.39 Å². The molecule has 108 valence electrons. The molecule has 0 saturated carbocycles. The maximum atomic E-state index is 12.9. The second-order valence-electron chi connectivity index (χ2n) is 4.63. The number of anilines is 2. The Labute approximate surface area is 117 Å². The number of aromatic nitrogens is 2. The fourth-order valence-corrected chi connectivity index (χ4v) is 1.76. The number of hydrogen-bond acceptors (Lipinski definition) is 5. The predicted octanol–water partition coefficient (Wildman–Crippen LogP) is 3.04. The monoisotopic (exact) mass is 278 g/mol. The Morgan fingerprint density at radius 2 is 2.00 bits per heavy atom. The lowest BCUT2D eigenvalue weighted by Gasteiger charge is -2.14. The number of nitrogens with zero attached hydrogens (tertiary/aromatic N) is 3. The van der Waals surface area contributed by atoms with Gasteiger partial charge in [-0.2, -0.15) is 0 Å². The van der Waals surface area contributed by atoms with Crippen LogP contribution in [0.4, 0.5) is 16.1 Å². The van der Waals surface area contributed by atoms with Gasteiger partial charge in [-0.15, -0.1) is 5.10 Å². The standard InChI is InChI=1S/C14H19FN4O/c1-4-9-16-10(2)13-17-18-14(20-13)19(3)12-7-5-11(15)6-8-12/h5-8,10,16H,4,9H2,1-3H3. The molecule has 0 fully saturated rings. The lowest BCUT2D eigenvalue weighted by molar-refractivity contribution is 0.420. The van der Waals surface area contributed by atoms with Crippen molar-refractivity contribution >= 4 is 11.7 Å². The van der Waals surface area contributed by atoms with Crippen molar-refractivity contribution in [2.24, 2.45) is 0 Å². The first-order chi connectivity index (χ1) is 9.61. The van der Waals surface area contributed by atoms with Crippen molar-refractivity contribution in [2.75, 3.05) is 18.5 Å². The smallest absolute Gasteiger partial charge is 0.322 e. The molecule has 0 aliphatic rings. The van der Waals surface area contributed by atoms with E-state index in [0.29, 0.717) is 11.9 Å². The van der Waals surface area contributed by atoms with E-state index < -0.39 is 0 Å². The Morgan fingerprint density at radius 1 is 1.30 bits per heavy atom. The molecule has 0 amide bonds. The number of halogens is 1. The summed E-state index contributed by atoms with van der Waals surface area (Å²) in [7, 11) is 1.80. The molecule has 0 saturated heterocycles. The highest BCUT2D eigenvalue weighted by molar-refractivity contribution is 5.54. The lowest BCUT2D eigenvalue weighted by atomic mass is 10.3. The summed E-state index contributed by atoms with van der Waals surface area (Å²) in [5, 5.41) is 11.3. The van der Waals surface area contributed by atoms with Crippen LogP contribution in [0.15, 0.2) is 28.7 Å². The zero-order valence-corrected chi connectivity index (χ0v) is 11.9. The molecule has 0 aliphatic heterocycles. The van der Waals surface area contributed by atoms with Gasteiger partial charge >= 0.3 is 6.01 Å². The van der Waals surface area contributed by atoms with Crippen LogP contribution >= 0.6 is 0 Å². The van der Waals surface area contributed by atoms with Crippen LogP contribution in [0.1, 0.15) is 32.2 Å². The predicted molar refractivity (Wildman–Crippen MR) is 75.5 cm³/mol. The fraction of sp³-hybridized carbons (Fsp3) is 0.429. The molecule has 20 heavy (non-hydrogen) atoms. The fourth-order valence-electron chi connectivity index (χ4n) is 1.76. The van der Waals surface area contributed by atoms with Crippen LogP contribution in [0.2, 0.25) is 0 Å². The average molecular weight is 278 g/mol. The van der Waals surface area contributed by atoms with E-state index in [1.54, 1.807) is 24.1 Å². The van der Waals surface area contributed by atoms with Gasteiger partial charge in [-0.05, 0) is 44.2 Å². The third kappa shape index (κ3) is 3.33. The van der Waals surface area contributed by atoms with E-state index in [1.807, 2.05) is 6.92 Å². The van der Waals surface area contributed by atoms with Gasteiger partial charge < -0.3 is 9.73 Å². The van der Waals surface area contributed by atoms with E-state index in [0.717, 1.165) is 18.7 Å². The van der Waals surface area contributed by atoms with Crippen LogP contribution in [-0.4, -0.2) is 23.8 Å². The minimum absolute atomic E-state index is 0.0119. The van der Waals surface area contributed by atoms with E-state index in [2.05, 4.69) is 22.4 Å². The molecule has 2 aromatic rings. The molecule has 1 atom stereocenters. The molecule has 1 heterocycles. The Balaban J connectivity index is 2.09. The number of benzene rings is 1. The van der Waals surface area contributed by atoms with Crippen LogP contribution < -0.4 is 10.2 Å². The van der Waals surface area contributed by atoms with Crippen molar-refractivity contribution in [3.63, 3.8) is 0 Å². The number of hydrogen-bond donors (Lipinski definition) is 1. The Hall–Kier alpha value is -1.95. The number of rotatable bonds is 6. The van der Waals surface area contributed by atoms with Crippen molar-refractivity contribution in [1.29, 1.82) is 0 Å².